The average molecular weight is 437 g/mol. The second kappa shape index (κ2) is 11.0. The van der Waals surface area contributed by atoms with Crippen molar-refractivity contribution in [2.45, 2.75) is 44.8 Å². The first-order valence-electron chi connectivity index (χ1n) is 12.0. The fourth-order valence-electron chi connectivity index (χ4n) is 4.84. The van der Waals surface area contributed by atoms with E-state index in [0.717, 1.165) is 44.0 Å². The third-order valence-corrected chi connectivity index (χ3v) is 6.90. The number of carbonyl (C=O) groups is 1. The summed E-state index contributed by atoms with van der Waals surface area (Å²) in [5.41, 5.74) is 4.33. The van der Waals surface area contributed by atoms with Crippen LogP contribution in [0.2, 0.25) is 0 Å². The Labute approximate surface area is 191 Å². The van der Waals surface area contributed by atoms with E-state index in [4.69, 9.17) is 0 Å². The van der Waals surface area contributed by atoms with Crippen LogP contribution in [0.4, 0.5) is 0 Å². The molecule has 0 saturated carbocycles. The summed E-state index contributed by atoms with van der Waals surface area (Å²) >= 11 is 0. The van der Waals surface area contributed by atoms with Gasteiger partial charge < -0.3 is 15.3 Å². The number of hydrogen-bond donors (Lipinski definition) is 2. The van der Waals surface area contributed by atoms with E-state index in [9.17, 15) is 9.90 Å². The van der Waals surface area contributed by atoms with Crippen molar-refractivity contribution in [1.82, 2.24) is 20.1 Å². The van der Waals surface area contributed by atoms with Crippen LogP contribution >= 0.6 is 0 Å². The molecule has 1 atom stereocenters. The molecule has 0 aliphatic carbocycles. The summed E-state index contributed by atoms with van der Waals surface area (Å²) in [4.78, 5) is 21.7. The Bertz CT molecular complexity index is 895. The zero-order valence-electron chi connectivity index (χ0n) is 19.2. The van der Waals surface area contributed by atoms with Gasteiger partial charge in [0.15, 0.2) is 0 Å². The molecular formula is C26H36N4O2. The Balaban J connectivity index is 1.21. The van der Waals surface area contributed by atoms with Crippen molar-refractivity contribution in [3.63, 3.8) is 0 Å². The Morgan fingerprint density at radius 3 is 2.78 bits per heavy atom. The molecule has 172 valence electrons. The molecule has 2 aromatic rings. The summed E-state index contributed by atoms with van der Waals surface area (Å²) in [6.07, 6.45) is 6.68. The van der Waals surface area contributed by atoms with Crippen LogP contribution in [-0.2, 0) is 19.4 Å². The van der Waals surface area contributed by atoms with Gasteiger partial charge in [-0.15, -0.1) is 0 Å². The van der Waals surface area contributed by atoms with Crippen molar-refractivity contribution in [3.05, 3.63) is 65.0 Å². The molecule has 3 heterocycles. The van der Waals surface area contributed by atoms with Crippen LogP contribution < -0.4 is 5.32 Å². The topological polar surface area (TPSA) is 68.7 Å². The van der Waals surface area contributed by atoms with E-state index in [1.807, 2.05) is 6.07 Å². The van der Waals surface area contributed by atoms with E-state index in [0.29, 0.717) is 12.1 Å². The first-order chi connectivity index (χ1) is 15.6. The van der Waals surface area contributed by atoms with Crippen LogP contribution in [0.15, 0.2) is 42.6 Å². The molecule has 2 aliphatic heterocycles. The van der Waals surface area contributed by atoms with Crippen LogP contribution in [0.5, 0.6) is 0 Å². The highest BCUT2D eigenvalue weighted by atomic mass is 16.3. The van der Waals surface area contributed by atoms with Crippen LogP contribution in [0.25, 0.3) is 0 Å². The smallest absolute Gasteiger partial charge is 0.251 e. The largest absolute Gasteiger partial charge is 0.390 e. The van der Waals surface area contributed by atoms with Crippen molar-refractivity contribution in [2.75, 3.05) is 39.8 Å². The highest BCUT2D eigenvalue weighted by Gasteiger charge is 2.20. The number of aliphatic hydroxyl groups is 1. The number of nitrogens with one attached hydrogen (secondary N) is 1. The minimum atomic E-state index is -0.588. The minimum Gasteiger partial charge on any atom is -0.390 e. The minimum absolute atomic E-state index is 0.143. The summed E-state index contributed by atoms with van der Waals surface area (Å²) in [5, 5.41) is 13.4. The van der Waals surface area contributed by atoms with E-state index in [1.165, 1.54) is 37.1 Å². The Kier molecular flexibility index (Phi) is 7.90. The molecule has 1 fully saturated rings. The molecule has 4 rings (SSSR count). The molecule has 0 radical (unpaired) electrons. The Hall–Kier alpha value is -2.28. The number of aryl methyl sites for hydroxylation is 1. The third-order valence-electron chi connectivity index (χ3n) is 6.90. The Morgan fingerprint density at radius 2 is 1.97 bits per heavy atom. The number of pyridine rings is 1. The molecule has 32 heavy (non-hydrogen) atoms. The number of aromatic nitrogens is 1. The van der Waals surface area contributed by atoms with E-state index in [1.54, 1.807) is 12.3 Å². The van der Waals surface area contributed by atoms with Crippen molar-refractivity contribution in [2.24, 2.45) is 5.92 Å². The molecule has 6 heteroatoms. The van der Waals surface area contributed by atoms with Gasteiger partial charge in [-0.05, 0) is 81.4 Å². The molecular weight excluding hydrogens is 400 g/mol. The highest BCUT2D eigenvalue weighted by Crippen LogP contribution is 2.21. The molecule has 2 N–H and O–H groups in total. The molecule has 1 aromatic heterocycles. The van der Waals surface area contributed by atoms with E-state index in [-0.39, 0.29) is 12.5 Å². The van der Waals surface area contributed by atoms with E-state index in [2.05, 4.69) is 51.4 Å². The first kappa shape index (κ1) is 22.9. The summed E-state index contributed by atoms with van der Waals surface area (Å²) in [5.74, 6) is 0.610. The molecule has 1 aromatic carbocycles. The monoisotopic (exact) mass is 436 g/mol. The number of fused-ring (bicyclic) bond motifs is 1. The van der Waals surface area contributed by atoms with Crippen molar-refractivity contribution in [1.29, 1.82) is 0 Å². The van der Waals surface area contributed by atoms with Crippen molar-refractivity contribution >= 4 is 5.91 Å². The SMILES string of the molecule is CN1CCC(CCc2cc(C(=O)NC[C@H](O)CN3CCc4ccccc4C3)ccn2)CC1. The summed E-state index contributed by atoms with van der Waals surface area (Å²) in [6, 6.07) is 12.1. The summed E-state index contributed by atoms with van der Waals surface area (Å²) in [7, 11) is 2.18. The van der Waals surface area contributed by atoms with E-state index < -0.39 is 6.10 Å². The van der Waals surface area contributed by atoms with Gasteiger partial charge in [-0.2, -0.15) is 0 Å². The van der Waals surface area contributed by atoms with Crippen LogP contribution in [-0.4, -0.2) is 71.7 Å². The fourth-order valence-corrected chi connectivity index (χ4v) is 4.84. The number of amides is 1. The maximum Gasteiger partial charge on any atom is 0.251 e. The molecule has 1 saturated heterocycles. The number of β-amino-alcohol motifs (C(OH)–C–C–N with tert-alkyl or cyclic N) is 1. The number of likely N-dealkylation sites (tertiary alicyclic amines) is 1. The number of aliphatic hydroxyl groups excluding tert-OH is 1. The lowest BCUT2D eigenvalue weighted by molar-refractivity contribution is 0.0841. The van der Waals surface area contributed by atoms with Crippen LogP contribution in [0.1, 0.15) is 46.4 Å². The number of rotatable bonds is 8. The van der Waals surface area contributed by atoms with Gasteiger partial charge in [-0.25, -0.2) is 0 Å². The number of carbonyl (C=O) groups excluding carboxylic acids is 1. The molecule has 0 bridgehead atoms. The lowest BCUT2D eigenvalue weighted by atomic mass is 9.91. The number of nitrogens with zero attached hydrogens (tertiary/aromatic N) is 3. The lowest BCUT2D eigenvalue weighted by Gasteiger charge is -2.30. The van der Waals surface area contributed by atoms with E-state index >= 15 is 0 Å². The zero-order chi connectivity index (χ0) is 22.3. The second-order valence-electron chi connectivity index (χ2n) is 9.44. The molecule has 0 spiro atoms. The predicted octanol–water partition coefficient (Wildman–Crippen LogP) is 2.50. The van der Waals surface area contributed by atoms with Gasteiger partial charge in [-0.1, -0.05) is 24.3 Å². The number of piperidine rings is 1. The normalized spacial score (nSPS) is 18.8. The van der Waals surface area contributed by atoms with Gasteiger partial charge in [0, 0.05) is 43.6 Å². The fraction of sp³-hybridized carbons (Fsp3) is 0.538. The van der Waals surface area contributed by atoms with Crippen LogP contribution in [0.3, 0.4) is 0 Å². The summed E-state index contributed by atoms with van der Waals surface area (Å²) in [6.45, 7) is 4.95. The highest BCUT2D eigenvalue weighted by molar-refractivity contribution is 5.94. The summed E-state index contributed by atoms with van der Waals surface area (Å²) < 4.78 is 0. The van der Waals surface area contributed by atoms with Gasteiger partial charge in [0.2, 0.25) is 0 Å². The third kappa shape index (κ3) is 6.37. The first-order valence-corrected chi connectivity index (χ1v) is 12.0. The second-order valence-corrected chi connectivity index (χ2v) is 9.44. The zero-order valence-corrected chi connectivity index (χ0v) is 19.2. The maximum absolute atomic E-state index is 12.6. The van der Waals surface area contributed by atoms with Gasteiger partial charge in [0.25, 0.3) is 5.91 Å². The van der Waals surface area contributed by atoms with Crippen molar-refractivity contribution < 1.29 is 9.90 Å². The maximum atomic E-state index is 12.6. The lowest BCUT2D eigenvalue weighted by Crippen LogP contribution is -2.42. The van der Waals surface area contributed by atoms with Crippen LogP contribution in [0, 0.1) is 5.92 Å². The van der Waals surface area contributed by atoms with Gasteiger partial charge >= 0.3 is 0 Å². The molecule has 1 amide bonds. The van der Waals surface area contributed by atoms with Gasteiger partial charge in [-0.3, -0.25) is 14.7 Å². The quantitative estimate of drug-likeness (QED) is 0.666. The molecule has 6 nitrogen and oxygen atoms in total. The molecule has 0 unspecified atom stereocenters. The number of hydrogen-bond acceptors (Lipinski definition) is 5. The van der Waals surface area contributed by atoms with Gasteiger partial charge in [0.05, 0.1) is 6.10 Å². The molecule has 2 aliphatic rings. The van der Waals surface area contributed by atoms with Gasteiger partial charge in [0.1, 0.15) is 0 Å². The van der Waals surface area contributed by atoms with Crippen molar-refractivity contribution in [3.8, 4) is 0 Å². The number of benzene rings is 1. The standard InChI is InChI=1S/C26H36N4O2/c1-29-13-9-20(10-14-29)6-7-24-16-22(8-12-27-24)26(32)28-17-25(31)19-30-15-11-21-4-2-3-5-23(21)18-30/h2-5,8,12,16,20,25,31H,6-7,9-11,13-15,17-19H2,1H3,(H,28,32)/t25-/m0/s1. The average Bonchev–Trinajstić information content (AvgIpc) is 2.82. The predicted molar refractivity (Wildman–Crippen MR) is 127 cm³/mol. The Morgan fingerprint density at radius 1 is 1.19 bits per heavy atom.